The number of carbonyl (C=O) groups excluding carboxylic acids is 1. The van der Waals surface area contributed by atoms with Gasteiger partial charge in [-0.05, 0) is 37.1 Å². The molecule has 1 saturated carbocycles. The molecule has 0 bridgehead atoms. The Hall–Kier alpha value is -1.58. The summed E-state index contributed by atoms with van der Waals surface area (Å²) in [6.45, 7) is 0.308. The van der Waals surface area contributed by atoms with Gasteiger partial charge in [0, 0.05) is 18.8 Å². The van der Waals surface area contributed by atoms with Gasteiger partial charge in [-0.2, -0.15) is 0 Å². The van der Waals surface area contributed by atoms with E-state index in [1.807, 2.05) is 7.05 Å². The molecule has 1 aromatic rings. The Balaban J connectivity index is 1.88. The lowest BCUT2D eigenvalue weighted by Gasteiger charge is -2.18. The number of rotatable bonds is 4. The fourth-order valence-electron chi connectivity index (χ4n) is 1.50. The first-order valence-corrected chi connectivity index (χ1v) is 5.41. The van der Waals surface area contributed by atoms with E-state index < -0.39 is 0 Å². The van der Waals surface area contributed by atoms with Gasteiger partial charge in [0.25, 0.3) is 0 Å². The molecule has 1 aliphatic carbocycles. The van der Waals surface area contributed by atoms with Crippen molar-refractivity contribution in [2.24, 2.45) is 0 Å². The molecular formula is C12H15FN2O. The lowest BCUT2D eigenvalue weighted by atomic mass is 10.3. The predicted octanol–water partition coefficient (Wildman–Crippen LogP) is 1.54. The Morgan fingerprint density at radius 3 is 2.62 bits per heavy atom. The average Bonchev–Trinajstić information content (AvgIpc) is 3.02. The fourth-order valence-corrected chi connectivity index (χ4v) is 1.50. The summed E-state index contributed by atoms with van der Waals surface area (Å²) in [5.74, 6) is -0.242. The Morgan fingerprint density at radius 2 is 2.06 bits per heavy atom. The van der Waals surface area contributed by atoms with Gasteiger partial charge < -0.3 is 10.2 Å². The molecule has 3 nitrogen and oxygen atoms in total. The standard InChI is InChI=1S/C12H15FN2O/c1-15(8-12(16)14-10-4-5-10)11-6-2-9(13)3-7-11/h2-3,6-7,10H,4-5,8H2,1H3,(H,14,16). The highest BCUT2D eigenvalue weighted by Gasteiger charge is 2.23. The lowest BCUT2D eigenvalue weighted by molar-refractivity contribution is -0.119. The SMILES string of the molecule is CN(CC(=O)NC1CC1)c1ccc(F)cc1. The molecule has 1 amide bonds. The van der Waals surface area contributed by atoms with Crippen molar-refractivity contribution in [3.8, 4) is 0 Å². The maximum Gasteiger partial charge on any atom is 0.239 e. The zero-order chi connectivity index (χ0) is 11.5. The molecule has 0 radical (unpaired) electrons. The maximum absolute atomic E-state index is 12.7. The van der Waals surface area contributed by atoms with Gasteiger partial charge in [-0.25, -0.2) is 4.39 Å². The Bertz CT molecular complexity index is 373. The highest BCUT2D eigenvalue weighted by atomic mass is 19.1. The van der Waals surface area contributed by atoms with Crippen LogP contribution in [0.15, 0.2) is 24.3 Å². The summed E-state index contributed by atoms with van der Waals surface area (Å²) in [7, 11) is 1.82. The van der Waals surface area contributed by atoms with Crippen molar-refractivity contribution in [2.75, 3.05) is 18.5 Å². The van der Waals surface area contributed by atoms with Crippen LogP contribution in [-0.4, -0.2) is 25.5 Å². The first-order chi connectivity index (χ1) is 7.65. The summed E-state index contributed by atoms with van der Waals surface area (Å²) < 4.78 is 12.7. The quantitative estimate of drug-likeness (QED) is 0.838. The molecule has 0 unspecified atom stereocenters. The second-order valence-electron chi connectivity index (χ2n) is 4.17. The maximum atomic E-state index is 12.7. The lowest BCUT2D eigenvalue weighted by Crippen LogP contribution is -2.36. The van der Waals surface area contributed by atoms with Crippen molar-refractivity contribution < 1.29 is 9.18 Å². The monoisotopic (exact) mass is 222 g/mol. The molecule has 0 atom stereocenters. The largest absolute Gasteiger partial charge is 0.365 e. The molecule has 0 aromatic heterocycles. The van der Waals surface area contributed by atoms with Gasteiger partial charge in [-0.3, -0.25) is 4.79 Å². The van der Waals surface area contributed by atoms with Gasteiger partial charge in [0.05, 0.1) is 6.54 Å². The average molecular weight is 222 g/mol. The number of nitrogens with zero attached hydrogens (tertiary/aromatic N) is 1. The van der Waals surface area contributed by atoms with Gasteiger partial charge in [0.2, 0.25) is 5.91 Å². The minimum atomic E-state index is -0.264. The van der Waals surface area contributed by atoms with E-state index >= 15 is 0 Å². The molecular weight excluding hydrogens is 207 g/mol. The van der Waals surface area contributed by atoms with Crippen LogP contribution in [0.2, 0.25) is 0 Å². The van der Waals surface area contributed by atoms with Gasteiger partial charge in [-0.1, -0.05) is 0 Å². The number of likely N-dealkylation sites (N-methyl/N-ethyl adjacent to an activating group) is 1. The van der Waals surface area contributed by atoms with E-state index in [9.17, 15) is 9.18 Å². The summed E-state index contributed by atoms with van der Waals surface area (Å²) in [4.78, 5) is 13.3. The van der Waals surface area contributed by atoms with Crippen LogP contribution in [0, 0.1) is 5.82 Å². The van der Waals surface area contributed by atoms with E-state index in [4.69, 9.17) is 0 Å². The van der Waals surface area contributed by atoms with E-state index in [1.165, 1.54) is 12.1 Å². The summed E-state index contributed by atoms with van der Waals surface area (Å²) in [5, 5.41) is 2.91. The zero-order valence-electron chi connectivity index (χ0n) is 9.24. The second kappa shape index (κ2) is 4.51. The van der Waals surface area contributed by atoms with Crippen LogP contribution in [0.25, 0.3) is 0 Å². The van der Waals surface area contributed by atoms with Gasteiger partial charge in [-0.15, -0.1) is 0 Å². The topological polar surface area (TPSA) is 32.3 Å². The predicted molar refractivity (Wildman–Crippen MR) is 60.8 cm³/mol. The van der Waals surface area contributed by atoms with E-state index in [0.29, 0.717) is 12.6 Å². The molecule has 16 heavy (non-hydrogen) atoms. The fraction of sp³-hybridized carbons (Fsp3) is 0.417. The second-order valence-corrected chi connectivity index (χ2v) is 4.17. The molecule has 4 heteroatoms. The third-order valence-electron chi connectivity index (χ3n) is 2.59. The molecule has 1 N–H and O–H groups in total. The Kier molecular flexibility index (Phi) is 3.08. The summed E-state index contributed by atoms with van der Waals surface area (Å²) in [6, 6.07) is 6.50. The van der Waals surface area contributed by atoms with Crippen LogP contribution in [-0.2, 0) is 4.79 Å². The third-order valence-corrected chi connectivity index (χ3v) is 2.59. The van der Waals surface area contributed by atoms with Crippen molar-refractivity contribution in [2.45, 2.75) is 18.9 Å². The van der Waals surface area contributed by atoms with Crippen molar-refractivity contribution in [1.82, 2.24) is 5.32 Å². The summed E-state index contributed by atoms with van der Waals surface area (Å²) in [6.07, 6.45) is 2.18. The molecule has 0 aliphatic heterocycles. The number of carbonyl (C=O) groups is 1. The van der Waals surface area contributed by atoms with E-state index in [-0.39, 0.29) is 11.7 Å². The van der Waals surface area contributed by atoms with Crippen molar-refractivity contribution in [3.63, 3.8) is 0 Å². The molecule has 1 aromatic carbocycles. The van der Waals surface area contributed by atoms with Crippen molar-refractivity contribution in [3.05, 3.63) is 30.1 Å². The Morgan fingerprint density at radius 1 is 1.44 bits per heavy atom. The molecule has 1 fully saturated rings. The van der Waals surface area contributed by atoms with E-state index in [0.717, 1.165) is 18.5 Å². The van der Waals surface area contributed by atoms with Crippen molar-refractivity contribution in [1.29, 1.82) is 0 Å². The molecule has 2 rings (SSSR count). The first kappa shape index (κ1) is 10.9. The van der Waals surface area contributed by atoms with E-state index in [2.05, 4.69) is 5.32 Å². The molecule has 86 valence electrons. The minimum absolute atomic E-state index is 0.0225. The van der Waals surface area contributed by atoms with Crippen molar-refractivity contribution >= 4 is 11.6 Å². The van der Waals surface area contributed by atoms with Crippen LogP contribution in [0.3, 0.4) is 0 Å². The smallest absolute Gasteiger partial charge is 0.239 e. The van der Waals surface area contributed by atoms with Crippen LogP contribution in [0.4, 0.5) is 10.1 Å². The van der Waals surface area contributed by atoms with Crippen LogP contribution in [0.5, 0.6) is 0 Å². The number of hydrogen-bond donors (Lipinski definition) is 1. The zero-order valence-corrected chi connectivity index (χ0v) is 9.24. The minimum Gasteiger partial charge on any atom is -0.365 e. The third kappa shape index (κ3) is 2.95. The van der Waals surface area contributed by atoms with Crippen LogP contribution >= 0.6 is 0 Å². The Labute approximate surface area is 94.3 Å². The van der Waals surface area contributed by atoms with E-state index in [1.54, 1.807) is 17.0 Å². The molecule has 0 spiro atoms. The van der Waals surface area contributed by atoms with Crippen LogP contribution < -0.4 is 10.2 Å². The normalized spacial score (nSPS) is 14.6. The number of halogens is 1. The molecule has 1 aliphatic rings. The highest BCUT2D eigenvalue weighted by molar-refractivity contribution is 5.81. The molecule has 0 heterocycles. The summed E-state index contributed by atoms with van der Waals surface area (Å²) >= 11 is 0. The van der Waals surface area contributed by atoms with Gasteiger partial charge in [0.1, 0.15) is 5.82 Å². The van der Waals surface area contributed by atoms with Gasteiger partial charge in [0.15, 0.2) is 0 Å². The number of amides is 1. The van der Waals surface area contributed by atoms with Crippen LogP contribution in [0.1, 0.15) is 12.8 Å². The first-order valence-electron chi connectivity index (χ1n) is 5.41. The number of anilines is 1. The highest BCUT2D eigenvalue weighted by Crippen LogP contribution is 2.18. The number of nitrogens with one attached hydrogen (secondary N) is 1. The number of benzene rings is 1. The molecule has 0 saturated heterocycles. The summed E-state index contributed by atoms with van der Waals surface area (Å²) in [5.41, 5.74) is 0.840. The van der Waals surface area contributed by atoms with Gasteiger partial charge >= 0.3 is 0 Å². The number of hydrogen-bond acceptors (Lipinski definition) is 2.